The number of carbonyl (C=O) groups is 1. The van der Waals surface area contributed by atoms with Crippen molar-refractivity contribution in [2.45, 2.75) is 6.54 Å². The van der Waals surface area contributed by atoms with Gasteiger partial charge in [-0.3, -0.25) is 4.79 Å². The Kier molecular flexibility index (Phi) is 4.43. The second-order valence-corrected chi connectivity index (χ2v) is 5.04. The number of halogens is 3. The van der Waals surface area contributed by atoms with Gasteiger partial charge in [-0.1, -0.05) is 17.7 Å². The Labute approximate surface area is 125 Å². The highest BCUT2D eigenvalue weighted by atomic mass is 35.5. The first-order valence-electron chi connectivity index (χ1n) is 6.13. The van der Waals surface area contributed by atoms with E-state index in [0.29, 0.717) is 16.3 Å². The highest BCUT2D eigenvalue weighted by Crippen LogP contribution is 2.21. The minimum absolute atomic E-state index is 0.0213. The van der Waals surface area contributed by atoms with Crippen LogP contribution >= 0.6 is 11.6 Å². The van der Waals surface area contributed by atoms with Crippen molar-refractivity contribution in [1.82, 2.24) is 4.90 Å². The zero-order valence-electron chi connectivity index (χ0n) is 11.2. The zero-order chi connectivity index (χ0) is 15.6. The van der Waals surface area contributed by atoms with Gasteiger partial charge in [-0.25, -0.2) is 8.78 Å². The molecular weight excluding hydrogens is 298 g/mol. The van der Waals surface area contributed by atoms with Crippen LogP contribution < -0.4 is 5.73 Å². The number of amides is 1. The Morgan fingerprint density at radius 3 is 2.57 bits per heavy atom. The number of rotatable bonds is 3. The van der Waals surface area contributed by atoms with Crippen LogP contribution in [0.3, 0.4) is 0 Å². The summed E-state index contributed by atoms with van der Waals surface area (Å²) in [5, 5.41) is 0.360. The van der Waals surface area contributed by atoms with Gasteiger partial charge in [0.1, 0.15) is 11.6 Å². The van der Waals surface area contributed by atoms with Gasteiger partial charge in [0.2, 0.25) is 0 Å². The van der Waals surface area contributed by atoms with Crippen LogP contribution in [0.1, 0.15) is 15.9 Å². The van der Waals surface area contributed by atoms with Gasteiger partial charge < -0.3 is 10.6 Å². The van der Waals surface area contributed by atoms with Crippen molar-refractivity contribution in [1.29, 1.82) is 0 Å². The molecule has 0 saturated heterocycles. The first-order chi connectivity index (χ1) is 9.88. The third kappa shape index (κ3) is 3.49. The molecule has 2 N–H and O–H groups in total. The van der Waals surface area contributed by atoms with E-state index in [4.69, 9.17) is 17.3 Å². The van der Waals surface area contributed by atoms with Crippen LogP contribution in [0.5, 0.6) is 0 Å². The predicted octanol–water partition coefficient (Wildman–Crippen LogP) is 3.47. The molecule has 0 aromatic heterocycles. The molecule has 0 bridgehead atoms. The third-order valence-electron chi connectivity index (χ3n) is 3.01. The lowest BCUT2D eigenvalue weighted by Crippen LogP contribution is -2.26. The van der Waals surface area contributed by atoms with Crippen molar-refractivity contribution in [2.75, 3.05) is 12.8 Å². The van der Waals surface area contributed by atoms with Crippen molar-refractivity contribution >= 4 is 23.2 Å². The van der Waals surface area contributed by atoms with Crippen LogP contribution in [-0.4, -0.2) is 17.9 Å². The van der Waals surface area contributed by atoms with E-state index >= 15 is 0 Å². The fourth-order valence-electron chi connectivity index (χ4n) is 1.87. The van der Waals surface area contributed by atoms with E-state index in [2.05, 4.69) is 0 Å². The second kappa shape index (κ2) is 6.10. The van der Waals surface area contributed by atoms with Gasteiger partial charge in [0.25, 0.3) is 5.91 Å². The lowest BCUT2D eigenvalue weighted by molar-refractivity contribution is 0.0784. The summed E-state index contributed by atoms with van der Waals surface area (Å²) in [5.74, 6) is -1.68. The van der Waals surface area contributed by atoms with E-state index in [1.54, 1.807) is 6.07 Å². The number of benzene rings is 2. The van der Waals surface area contributed by atoms with E-state index in [0.717, 1.165) is 12.1 Å². The van der Waals surface area contributed by atoms with E-state index in [1.807, 2.05) is 0 Å². The van der Waals surface area contributed by atoms with Crippen molar-refractivity contribution in [3.63, 3.8) is 0 Å². The van der Waals surface area contributed by atoms with E-state index in [1.165, 1.54) is 30.1 Å². The molecule has 0 atom stereocenters. The van der Waals surface area contributed by atoms with Gasteiger partial charge in [-0.2, -0.15) is 0 Å². The molecule has 2 rings (SSSR count). The van der Waals surface area contributed by atoms with Gasteiger partial charge in [0, 0.05) is 30.8 Å². The summed E-state index contributed by atoms with van der Waals surface area (Å²) in [6.07, 6.45) is 0. The topological polar surface area (TPSA) is 46.3 Å². The van der Waals surface area contributed by atoms with Gasteiger partial charge in [-0.05, 0) is 24.3 Å². The molecule has 0 radical (unpaired) electrons. The summed E-state index contributed by atoms with van der Waals surface area (Å²) in [6, 6.07) is 7.77. The SMILES string of the molecule is CN(Cc1ccc(F)cc1F)C(=O)c1ccc(Cl)c(N)c1. The van der Waals surface area contributed by atoms with E-state index in [9.17, 15) is 13.6 Å². The lowest BCUT2D eigenvalue weighted by atomic mass is 10.1. The molecule has 0 heterocycles. The summed E-state index contributed by atoms with van der Waals surface area (Å²) in [4.78, 5) is 13.5. The normalized spacial score (nSPS) is 10.5. The summed E-state index contributed by atoms with van der Waals surface area (Å²) < 4.78 is 26.4. The number of nitrogens with two attached hydrogens (primary N) is 1. The maximum absolute atomic E-state index is 13.6. The minimum atomic E-state index is -0.690. The summed E-state index contributed by atoms with van der Waals surface area (Å²) >= 11 is 5.80. The van der Waals surface area contributed by atoms with Crippen LogP contribution in [0.15, 0.2) is 36.4 Å². The predicted molar refractivity (Wildman–Crippen MR) is 78.0 cm³/mol. The first kappa shape index (κ1) is 15.3. The molecule has 1 amide bonds. The van der Waals surface area contributed by atoms with Gasteiger partial charge in [0.05, 0.1) is 10.7 Å². The summed E-state index contributed by atoms with van der Waals surface area (Å²) in [6.45, 7) is 0.0213. The summed E-state index contributed by atoms with van der Waals surface area (Å²) in [5.41, 5.74) is 6.52. The Morgan fingerprint density at radius 2 is 1.95 bits per heavy atom. The Morgan fingerprint density at radius 1 is 1.24 bits per heavy atom. The molecule has 2 aromatic carbocycles. The second-order valence-electron chi connectivity index (χ2n) is 4.63. The quantitative estimate of drug-likeness (QED) is 0.882. The molecule has 0 saturated carbocycles. The summed E-state index contributed by atoms with van der Waals surface area (Å²) in [7, 11) is 1.52. The Balaban J connectivity index is 2.17. The number of hydrogen-bond acceptors (Lipinski definition) is 2. The number of carbonyl (C=O) groups excluding carboxylic acids is 1. The van der Waals surface area contributed by atoms with Crippen LogP contribution in [-0.2, 0) is 6.54 Å². The third-order valence-corrected chi connectivity index (χ3v) is 3.36. The monoisotopic (exact) mass is 310 g/mol. The zero-order valence-corrected chi connectivity index (χ0v) is 12.0. The number of anilines is 1. The Bertz CT molecular complexity index is 691. The largest absolute Gasteiger partial charge is 0.398 e. The minimum Gasteiger partial charge on any atom is -0.398 e. The molecule has 110 valence electrons. The molecule has 0 spiro atoms. The molecule has 0 unspecified atom stereocenters. The van der Waals surface area contributed by atoms with Crippen LogP contribution in [0, 0.1) is 11.6 Å². The van der Waals surface area contributed by atoms with Crippen LogP contribution in [0.2, 0.25) is 5.02 Å². The fourth-order valence-corrected chi connectivity index (χ4v) is 1.99. The molecule has 21 heavy (non-hydrogen) atoms. The smallest absolute Gasteiger partial charge is 0.253 e. The maximum Gasteiger partial charge on any atom is 0.253 e. The molecule has 2 aromatic rings. The van der Waals surface area contributed by atoms with Gasteiger partial charge in [-0.15, -0.1) is 0 Å². The molecule has 0 aliphatic carbocycles. The fraction of sp³-hybridized carbons (Fsp3) is 0.133. The first-order valence-corrected chi connectivity index (χ1v) is 6.50. The van der Waals surface area contributed by atoms with E-state index < -0.39 is 11.6 Å². The number of nitrogen functional groups attached to an aromatic ring is 1. The highest BCUT2D eigenvalue weighted by Gasteiger charge is 2.15. The maximum atomic E-state index is 13.6. The van der Waals surface area contributed by atoms with Crippen molar-refractivity contribution in [3.05, 3.63) is 64.2 Å². The van der Waals surface area contributed by atoms with Crippen LogP contribution in [0.25, 0.3) is 0 Å². The highest BCUT2D eigenvalue weighted by molar-refractivity contribution is 6.33. The van der Waals surface area contributed by atoms with E-state index in [-0.39, 0.29) is 18.0 Å². The number of hydrogen-bond donors (Lipinski definition) is 1. The van der Waals surface area contributed by atoms with Crippen molar-refractivity contribution in [2.24, 2.45) is 0 Å². The van der Waals surface area contributed by atoms with Crippen LogP contribution in [0.4, 0.5) is 14.5 Å². The average molecular weight is 311 g/mol. The number of nitrogens with zero attached hydrogens (tertiary/aromatic N) is 1. The molecule has 0 fully saturated rings. The molecular formula is C15H13ClF2N2O. The molecule has 0 aliphatic rings. The lowest BCUT2D eigenvalue weighted by Gasteiger charge is -2.18. The standard InChI is InChI=1S/C15H13ClF2N2O/c1-20(8-10-2-4-11(17)7-13(10)18)15(21)9-3-5-12(16)14(19)6-9/h2-7H,8,19H2,1H3. The Hall–Kier alpha value is -2.14. The van der Waals surface area contributed by atoms with Gasteiger partial charge in [0.15, 0.2) is 0 Å². The van der Waals surface area contributed by atoms with Crippen molar-refractivity contribution in [3.8, 4) is 0 Å². The molecule has 3 nitrogen and oxygen atoms in total. The van der Waals surface area contributed by atoms with Crippen molar-refractivity contribution < 1.29 is 13.6 Å². The van der Waals surface area contributed by atoms with Gasteiger partial charge >= 0.3 is 0 Å². The average Bonchev–Trinajstić information content (AvgIpc) is 2.44. The molecule has 6 heteroatoms. The molecule has 0 aliphatic heterocycles.